The SMILES string of the molecule is CC(N)Cc1cccc(Cl)c1OCC(=O)NC(C)(C)C. The summed E-state index contributed by atoms with van der Waals surface area (Å²) in [6, 6.07) is 5.50. The van der Waals surface area contributed by atoms with Crippen LogP contribution in [0.1, 0.15) is 33.3 Å². The topological polar surface area (TPSA) is 64.3 Å². The molecule has 1 aromatic rings. The molecule has 1 unspecified atom stereocenters. The molecule has 0 heterocycles. The van der Waals surface area contributed by atoms with Gasteiger partial charge in [0.1, 0.15) is 5.75 Å². The Bertz CT molecular complexity index is 467. The maximum absolute atomic E-state index is 11.8. The molecule has 0 fully saturated rings. The number of hydrogen-bond donors (Lipinski definition) is 2. The number of carbonyl (C=O) groups is 1. The normalized spacial score (nSPS) is 12.9. The van der Waals surface area contributed by atoms with Crippen LogP contribution in [-0.4, -0.2) is 24.1 Å². The first-order valence-corrected chi connectivity index (χ1v) is 7.03. The van der Waals surface area contributed by atoms with Crippen LogP contribution < -0.4 is 15.8 Å². The third kappa shape index (κ3) is 5.80. The van der Waals surface area contributed by atoms with Crippen LogP contribution in [0.25, 0.3) is 0 Å². The van der Waals surface area contributed by atoms with Gasteiger partial charge in [0, 0.05) is 11.6 Å². The molecule has 0 spiro atoms. The second-order valence-corrected chi connectivity index (χ2v) is 6.40. The average Bonchev–Trinajstić information content (AvgIpc) is 2.24. The number of para-hydroxylation sites is 1. The molecule has 1 aromatic carbocycles. The van der Waals surface area contributed by atoms with E-state index in [2.05, 4.69) is 5.32 Å². The molecule has 0 aliphatic carbocycles. The van der Waals surface area contributed by atoms with Gasteiger partial charge >= 0.3 is 0 Å². The minimum atomic E-state index is -0.282. The monoisotopic (exact) mass is 298 g/mol. The summed E-state index contributed by atoms with van der Waals surface area (Å²) in [5.74, 6) is 0.361. The van der Waals surface area contributed by atoms with E-state index in [1.165, 1.54) is 0 Å². The van der Waals surface area contributed by atoms with Gasteiger partial charge in [0.05, 0.1) is 5.02 Å². The van der Waals surface area contributed by atoms with Gasteiger partial charge in [0.25, 0.3) is 5.91 Å². The Hall–Kier alpha value is -1.26. The number of amides is 1. The van der Waals surface area contributed by atoms with Crippen molar-refractivity contribution in [2.24, 2.45) is 5.73 Å². The summed E-state index contributed by atoms with van der Waals surface area (Å²) in [4.78, 5) is 11.8. The highest BCUT2D eigenvalue weighted by Gasteiger charge is 2.16. The molecule has 0 radical (unpaired) electrons. The summed E-state index contributed by atoms with van der Waals surface area (Å²) in [5, 5.41) is 3.33. The first kappa shape index (κ1) is 16.8. The fourth-order valence-corrected chi connectivity index (χ4v) is 2.06. The van der Waals surface area contributed by atoms with Gasteiger partial charge in [-0.25, -0.2) is 0 Å². The number of benzene rings is 1. The second-order valence-electron chi connectivity index (χ2n) is 6.00. The predicted octanol–water partition coefficient (Wildman–Crippen LogP) is 2.52. The summed E-state index contributed by atoms with van der Waals surface area (Å²) in [5.41, 5.74) is 6.44. The lowest BCUT2D eigenvalue weighted by atomic mass is 10.1. The van der Waals surface area contributed by atoms with Crippen molar-refractivity contribution in [3.63, 3.8) is 0 Å². The zero-order valence-corrected chi connectivity index (χ0v) is 13.3. The molecule has 0 aliphatic heterocycles. The van der Waals surface area contributed by atoms with Crippen LogP contribution >= 0.6 is 11.6 Å². The van der Waals surface area contributed by atoms with Crippen LogP contribution in [-0.2, 0) is 11.2 Å². The number of carbonyl (C=O) groups excluding carboxylic acids is 1. The molecule has 112 valence electrons. The van der Waals surface area contributed by atoms with E-state index in [9.17, 15) is 4.79 Å². The highest BCUT2D eigenvalue weighted by molar-refractivity contribution is 6.32. The van der Waals surface area contributed by atoms with E-state index in [-0.39, 0.29) is 24.1 Å². The average molecular weight is 299 g/mol. The number of rotatable bonds is 5. The first-order valence-electron chi connectivity index (χ1n) is 6.66. The van der Waals surface area contributed by atoms with Gasteiger partial charge in [0.2, 0.25) is 0 Å². The fourth-order valence-electron chi connectivity index (χ4n) is 1.81. The van der Waals surface area contributed by atoms with Crippen LogP contribution in [0.3, 0.4) is 0 Å². The van der Waals surface area contributed by atoms with E-state index >= 15 is 0 Å². The fraction of sp³-hybridized carbons (Fsp3) is 0.533. The van der Waals surface area contributed by atoms with Crippen molar-refractivity contribution in [2.45, 2.75) is 45.7 Å². The van der Waals surface area contributed by atoms with Crippen molar-refractivity contribution in [3.8, 4) is 5.75 Å². The van der Waals surface area contributed by atoms with E-state index in [0.717, 1.165) is 5.56 Å². The van der Waals surface area contributed by atoms with Crippen molar-refractivity contribution >= 4 is 17.5 Å². The number of hydrogen-bond acceptors (Lipinski definition) is 3. The molecular weight excluding hydrogens is 276 g/mol. The van der Waals surface area contributed by atoms with Crippen LogP contribution in [0, 0.1) is 0 Å². The lowest BCUT2D eigenvalue weighted by Crippen LogP contribution is -2.43. The maximum atomic E-state index is 11.8. The molecule has 5 heteroatoms. The zero-order valence-electron chi connectivity index (χ0n) is 12.5. The van der Waals surface area contributed by atoms with Gasteiger partial charge in [0.15, 0.2) is 6.61 Å². The summed E-state index contributed by atoms with van der Waals surface area (Å²) < 4.78 is 5.58. The molecule has 0 saturated heterocycles. The number of nitrogens with two attached hydrogens (primary N) is 1. The molecule has 1 rings (SSSR count). The lowest BCUT2D eigenvalue weighted by Gasteiger charge is -2.21. The van der Waals surface area contributed by atoms with E-state index in [1.807, 2.05) is 39.8 Å². The first-order chi connectivity index (χ1) is 9.19. The Morgan fingerprint density at radius 2 is 2.10 bits per heavy atom. The molecule has 0 saturated carbocycles. The summed E-state index contributed by atoms with van der Waals surface area (Å²) in [7, 11) is 0. The standard InChI is InChI=1S/C15H23ClN2O2/c1-10(17)8-11-6-5-7-12(16)14(11)20-9-13(19)18-15(2,3)4/h5-7,10H,8-9,17H2,1-4H3,(H,18,19). The summed E-state index contributed by atoms with van der Waals surface area (Å²) in [6.45, 7) is 7.61. The maximum Gasteiger partial charge on any atom is 0.258 e. The van der Waals surface area contributed by atoms with Gasteiger partial charge in [-0.15, -0.1) is 0 Å². The third-order valence-corrected chi connectivity index (χ3v) is 2.75. The highest BCUT2D eigenvalue weighted by atomic mass is 35.5. The molecule has 0 aliphatic rings. The van der Waals surface area contributed by atoms with Crippen LogP contribution in [0.15, 0.2) is 18.2 Å². The smallest absolute Gasteiger partial charge is 0.258 e. The Morgan fingerprint density at radius 3 is 2.65 bits per heavy atom. The second kappa shape index (κ2) is 6.95. The highest BCUT2D eigenvalue weighted by Crippen LogP contribution is 2.29. The molecule has 1 atom stereocenters. The van der Waals surface area contributed by atoms with Crippen molar-refractivity contribution in [2.75, 3.05) is 6.61 Å². The number of ether oxygens (including phenoxy) is 1. The van der Waals surface area contributed by atoms with Crippen LogP contribution in [0.4, 0.5) is 0 Å². The van der Waals surface area contributed by atoms with E-state index in [1.54, 1.807) is 6.07 Å². The molecular formula is C15H23ClN2O2. The van der Waals surface area contributed by atoms with Crippen molar-refractivity contribution < 1.29 is 9.53 Å². The minimum absolute atomic E-state index is 0.000724. The van der Waals surface area contributed by atoms with Crippen LogP contribution in [0.5, 0.6) is 5.75 Å². The van der Waals surface area contributed by atoms with E-state index < -0.39 is 0 Å². The summed E-state index contributed by atoms with van der Waals surface area (Å²) in [6.07, 6.45) is 0.650. The van der Waals surface area contributed by atoms with Gasteiger partial charge in [-0.1, -0.05) is 23.7 Å². The Kier molecular flexibility index (Phi) is 5.84. The summed E-state index contributed by atoms with van der Waals surface area (Å²) >= 11 is 6.13. The van der Waals surface area contributed by atoms with Gasteiger partial charge in [-0.05, 0) is 45.7 Å². The minimum Gasteiger partial charge on any atom is -0.482 e. The lowest BCUT2D eigenvalue weighted by molar-refractivity contribution is -0.124. The van der Waals surface area contributed by atoms with Gasteiger partial charge in [-0.2, -0.15) is 0 Å². The van der Waals surface area contributed by atoms with Gasteiger partial charge in [-0.3, -0.25) is 4.79 Å². The van der Waals surface area contributed by atoms with Crippen molar-refractivity contribution in [3.05, 3.63) is 28.8 Å². The Morgan fingerprint density at radius 1 is 1.45 bits per heavy atom. The molecule has 4 nitrogen and oxygen atoms in total. The zero-order chi connectivity index (χ0) is 15.3. The predicted molar refractivity (Wildman–Crippen MR) is 82.2 cm³/mol. The Labute approximate surface area is 125 Å². The van der Waals surface area contributed by atoms with E-state index in [0.29, 0.717) is 17.2 Å². The number of nitrogens with one attached hydrogen (secondary N) is 1. The van der Waals surface area contributed by atoms with Crippen LogP contribution in [0.2, 0.25) is 5.02 Å². The van der Waals surface area contributed by atoms with Crippen molar-refractivity contribution in [1.82, 2.24) is 5.32 Å². The third-order valence-electron chi connectivity index (χ3n) is 2.45. The number of halogens is 1. The molecule has 3 N–H and O–H groups in total. The molecule has 20 heavy (non-hydrogen) atoms. The largest absolute Gasteiger partial charge is 0.482 e. The Balaban J connectivity index is 2.74. The molecule has 0 bridgehead atoms. The van der Waals surface area contributed by atoms with Crippen molar-refractivity contribution in [1.29, 1.82) is 0 Å². The molecule has 1 amide bonds. The molecule has 0 aromatic heterocycles. The van der Waals surface area contributed by atoms with E-state index in [4.69, 9.17) is 22.1 Å². The van der Waals surface area contributed by atoms with Gasteiger partial charge < -0.3 is 15.8 Å². The quantitative estimate of drug-likeness (QED) is 0.878.